The lowest BCUT2D eigenvalue weighted by molar-refractivity contribution is 0.129. The molecule has 0 spiro atoms. The topological polar surface area (TPSA) is 50.6 Å². The standard InChI is InChI=1S/C14H13BrN4O/c15-12-6-16-14(17-7-12)19-8-13(9-19)18-20-10-11-4-2-1-3-5-11/h1-7H,8-10H2. The van der Waals surface area contributed by atoms with Crippen LogP contribution in [0.2, 0.25) is 0 Å². The van der Waals surface area contributed by atoms with E-state index in [1.165, 1.54) is 0 Å². The van der Waals surface area contributed by atoms with Crippen molar-refractivity contribution in [1.82, 2.24) is 9.97 Å². The number of nitrogens with zero attached hydrogens (tertiary/aromatic N) is 4. The molecule has 1 aliphatic heterocycles. The third kappa shape index (κ3) is 3.14. The molecule has 1 aromatic carbocycles. The van der Waals surface area contributed by atoms with Crippen LogP contribution >= 0.6 is 15.9 Å². The van der Waals surface area contributed by atoms with Crippen molar-refractivity contribution >= 4 is 27.6 Å². The average molecular weight is 333 g/mol. The first-order valence-corrected chi connectivity index (χ1v) is 7.05. The number of hydrogen-bond donors (Lipinski definition) is 0. The Labute approximate surface area is 125 Å². The molecule has 0 aliphatic carbocycles. The van der Waals surface area contributed by atoms with Crippen LogP contribution in [0.5, 0.6) is 0 Å². The third-order valence-corrected chi connectivity index (χ3v) is 3.31. The lowest BCUT2D eigenvalue weighted by atomic mass is 10.2. The summed E-state index contributed by atoms with van der Waals surface area (Å²) in [6.45, 7) is 1.94. The van der Waals surface area contributed by atoms with Gasteiger partial charge in [0.25, 0.3) is 0 Å². The summed E-state index contributed by atoms with van der Waals surface area (Å²) in [7, 11) is 0. The molecule has 1 aromatic heterocycles. The van der Waals surface area contributed by atoms with E-state index in [2.05, 4.69) is 31.1 Å². The second-order valence-electron chi connectivity index (χ2n) is 4.47. The third-order valence-electron chi connectivity index (χ3n) is 2.90. The van der Waals surface area contributed by atoms with Gasteiger partial charge in [0.05, 0.1) is 23.3 Å². The fraction of sp³-hybridized carbons (Fsp3) is 0.214. The minimum atomic E-state index is 0.499. The number of benzene rings is 1. The van der Waals surface area contributed by atoms with Crippen molar-refractivity contribution in [2.45, 2.75) is 6.61 Å². The van der Waals surface area contributed by atoms with Gasteiger partial charge in [-0.3, -0.25) is 0 Å². The molecule has 20 heavy (non-hydrogen) atoms. The van der Waals surface area contributed by atoms with Crippen LogP contribution in [-0.2, 0) is 11.4 Å². The smallest absolute Gasteiger partial charge is 0.226 e. The van der Waals surface area contributed by atoms with Gasteiger partial charge in [-0.2, -0.15) is 0 Å². The summed E-state index contributed by atoms with van der Waals surface area (Å²) in [6, 6.07) is 9.99. The van der Waals surface area contributed by atoms with Gasteiger partial charge in [0.1, 0.15) is 6.61 Å². The Morgan fingerprint density at radius 3 is 2.55 bits per heavy atom. The molecule has 2 aromatic rings. The first-order valence-electron chi connectivity index (χ1n) is 6.25. The zero-order chi connectivity index (χ0) is 13.8. The number of anilines is 1. The number of hydrogen-bond acceptors (Lipinski definition) is 5. The molecule has 5 nitrogen and oxygen atoms in total. The van der Waals surface area contributed by atoms with Crippen LogP contribution in [-0.4, -0.2) is 28.8 Å². The van der Waals surface area contributed by atoms with Gasteiger partial charge >= 0.3 is 0 Å². The summed E-state index contributed by atoms with van der Waals surface area (Å²) < 4.78 is 0.877. The highest BCUT2D eigenvalue weighted by atomic mass is 79.9. The van der Waals surface area contributed by atoms with E-state index >= 15 is 0 Å². The summed E-state index contributed by atoms with van der Waals surface area (Å²) in [5, 5.41) is 4.13. The second kappa shape index (κ2) is 6.00. The predicted molar refractivity (Wildman–Crippen MR) is 80.6 cm³/mol. The van der Waals surface area contributed by atoms with Gasteiger partial charge in [-0.1, -0.05) is 35.5 Å². The van der Waals surface area contributed by atoms with Crippen LogP contribution in [0.4, 0.5) is 5.95 Å². The minimum Gasteiger partial charge on any atom is -0.391 e. The molecule has 0 atom stereocenters. The fourth-order valence-corrected chi connectivity index (χ4v) is 2.04. The molecule has 0 N–H and O–H groups in total. The van der Waals surface area contributed by atoms with Gasteiger partial charge in [-0.05, 0) is 21.5 Å². The van der Waals surface area contributed by atoms with Crippen LogP contribution in [0.1, 0.15) is 5.56 Å². The molecule has 0 saturated carbocycles. The number of rotatable bonds is 4. The zero-order valence-electron chi connectivity index (χ0n) is 10.7. The maximum atomic E-state index is 5.34. The molecule has 102 valence electrons. The van der Waals surface area contributed by atoms with Gasteiger partial charge in [-0.25, -0.2) is 9.97 Å². The molecular weight excluding hydrogens is 320 g/mol. The van der Waals surface area contributed by atoms with Crippen LogP contribution in [0, 0.1) is 0 Å². The van der Waals surface area contributed by atoms with E-state index in [4.69, 9.17) is 4.84 Å². The highest BCUT2D eigenvalue weighted by molar-refractivity contribution is 9.10. The van der Waals surface area contributed by atoms with Crippen molar-refractivity contribution in [3.05, 3.63) is 52.8 Å². The van der Waals surface area contributed by atoms with Crippen molar-refractivity contribution in [1.29, 1.82) is 0 Å². The summed E-state index contributed by atoms with van der Waals surface area (Å²) in [4.78, 5) is 15.8. The van der Waals surface area contributed by atoms with Crippen molar-refractivity contribution < 1.29 is 4.84 Å². The van der Waals surface area contributed by atoms with E-state index in [0.717, 1.165) is 34.8 Å². The molecule has 0 bridgehead atoms. The molecular formula is C14H13BrN4O. The molecule has 2 heterocycles. The Hall–Kier alpha value is -1.95. The lowest BCUT2D eigenvalue weighted by Crippen LogP contribution is -2.48. The van der Waals surface area contributed by atoms with E-state index in [-0.39, 0.29) is 0 Å². The van der Waals surface area contributed by atoms with Crippen LogP contribution in [0.25, 0.3) is 0 Å². The largest absolute Gasteiger partial charge is 0.391 e. The number of aromatic nitrogens is 2. The molecule has 0 radical (unpaired) electrons. The highest BCUT2D eigenvalue weighted by Gasteiger charge is 2.24. The summed E-state index contributed by atoms with van der Waals surface area (Å²) in [5.41, 5.74) is 2.12. The number of halogens is 1. The SMILES string of the molecule is Brc1cnc(N2CC(=NOCc3ccccc3)C2)nc1. The Bertz CT molecular complexity index is 592. The Morgan fingerprint density at radius 1 is 1.15 bits per heavy atom. The molecule has 1 saturated heterocycles. The average Bonchev–Trinajstić information content (AvgIpc) is 2.44. The van der Waals surface area contributed by atoms with Crippen molar-refractivity contribution in [3.63, 3.8) is 0 Å². The predicted octanol–water partition coefficient (Wildman–Crippen LogP) is 2.63. The van der Waals surface area contributed by atoms with Crippen molar-refractivity contribution in [2.75, 3.05) is 18.0 Å². The molecule has 3 rings (SSSR count). The van der Waals surface area contributed by atoms with Gasteiger partial charge in [0, 0.05) is 12.4 Å². The molecule has 0 unspecified atom stereocenters. The van der Waals surface area contributed by atoms with Crippen LogP contribution in [0.3, 0.4) is 0 Å². The first-order chi connectivity index (χ1) is 9.81. The normalized spacial score (nSPS) is 13.8. The van der Waals surface area contributed by atoms with Gasteiger partial charge in [-0.15, -0.1) is 0 Å². The maximum Gasteiger partial charge on any atom is 0.226 e. The number of oxime groups is 1. The fourth-order valence-electron chi connectivity index (χ4n) is 1.83. The monoisotopic (exact) mass is 332 g/mol. The Kier molecular flexibility index (Phi) is 3.92. The van der Waals surface area contributed by atoms with Crippen LogP contribution < -0.4 is 4.90 Å². The maximum absolute atomic E-state index is 5.34. The molecule has 1 fully saturated rings. The van der Waals surface area contributed by atoms with E-state index in [0.29, 0.717) is 6.61 Å². The van der Waals surface area contributed by atoms with Crippen molar-refractivity contribution in [3.8, 4) is 0 Å². The molecule has 1 aliphatic rings. The first kappa shape index (κ1) is 13.1. The minimum absolute atomic E-state index is 0.499. The Balaban J connectivity index is 1.48. The van der Waals surface area contributed by atoms with Crippen LogP contribution in [0.15, 0.2) is 52.4 Å². The molecule has 0 amide bonds. The van der Waals surface area contributed by atoms with Gasteiger partial charge < -0.3 is 9.74 Å². The lowest BCUT2D eigenvalue weighted by Gasteiger charge is -2.31. The zero-order valence-corrected chi connectivity index (χ0v) is 12.3. The van der Waals surface area contributed by atoms with E-state index in [9.17, 15) is 0 Å². The van der Waals surface area contributed by atoms with Gasteiger partial charge in [0.2, 0.25) is 5.95 Å². The van der Waals surface area contributed by atoms with E-state index in [1.807, 2.05) is 35.2 Å². The van der Waals surface area contributed by atoms with E-state index in [1.54, 1.807) is 12.4 Å². The quantitative estimate of drug-likeness (QED) is 0.807. The molecule has 6 heteroatoms. The summed E-state index contributed by atoms with van der Waals surface area (Å²) in [5.74, 6) is 0.718. The highest BCUT2D eigenvalue weighted by Crippen LogP contribution is 2.16. The summed E-state index contributed by atoms with van der Waals surface area (Å²) in [6.07, 6.45) is 3.48. The van der Waals surface area contributed by atoms with Crippen molar-refractivity contribution in [2.24, 2.45) is 5.16 Å². The summed E-state index contributed by atoms with van der Waals surface area (Å²) >= 11 is 3.32. The van der Waals surface area contributed by atoms with Gasteiger partial charge in [0.15, 0.2) is 0 Å². The van der Waals surface area contributed by atoms with E-state index < -0.39 is 0 Å². The Morgan fingerprint density at radius 2 is 1.85 bits per heavy atom. The second-order valence-corrected chi connectivity index (χ2v) is 5.39.